The van der Waals surface area contributed by atoms with Crippen LogP contribution in [0.5, 0.6) is 0 Å². The lowest BCUT2D eigenvalue weighted by Gasteiger charge is -2.29. The van der Waals surface area contributed by atoms with Gasteiger partial charge in [0.05, 0.1) is 16.2 Å². The average Bonchev–Trinajstić information content (AvgIpc) is 3.46. The Hall–Kier alpha value is -3.95. The van der Waals surface area contributed by atoms with E-state index in [0.717, 1.165) is 65.2 Å². The number of para-hydroxylation sites is 1. The van der Waals surface area contributed by atoms with Crippen LogP contribution >= 0.6 is 23.2 Å². The number of benzene rings is 3. The molecule has 7 nitrogen and oxygen atoms in total. The van der Waals surface area contributed by atoms with E-state index < -0.39 is 27.4 Å². The summed E-state index contributed by atoms with van der Waals surface area (Å²) in [6.45, 7) is 14.3. The number of carboxylic acids is 1. The molecule has 0 saturated heterocycles. The van der Waals surface area contributed by atoms with Crippen molar-refractivity contribution in [3.05, 3.63) is 129 Å². The van der Waals surface area contributed by atoms with Crippen LogP contribution in [-0.2, 0) is 25.7 Å². The van der Waals surface area contributed by atoms with E-state index in [2.05, 4.69) is 73.6 Å². The van der Waals surface area contributed by atoms with Gasteiger partial charge in [0, 0.05) is 63.1 Å². The third kappa shape index (κ3) is 7.26. The number of unbranched alkanes of at least 4 members (excludes halogenated alkanes) is 1. The molecule has 3 aromatic rings. The maximum atomic E-state index is 12.8. The molecule has 2 aliphatic heterocycles. The summed E-state index contributed by atoms with van der Waals surface area (Å²) in [6, 6.07) is 18.6. The van der Waals surface area contributed by atoms with Crippen LogP contribution in [0.15, 0.2) is 107 Å². The lowest BCUT2D eigenvalue weighted by molar-refractivity contribution is -0.438. The fourth-order valence-electron chi connectivity index (χ4n) is 8.39. The van der Waals surface area contributed by atoms with Crippen molar-refractivity contribution in [3.8, 4) is 0 Å². The van der Waals surface area contributed by atoms with E-state index >= 15 is 0 Å². The smallest absolute Gasteiger partial charge is 0.307 e. The number of rotatable bonds is 11. The van der Waals surface area contributed by atoms with Gasteiger partial charge >= 0.3 is 5.97 Å². The summed E-state index contributed by atoms with van der Waals surface area (Å²) in [4.78, 5) is 14.9. The molecule has 0 amide bonds. The largest absolute Gasteiger partial charge is 0.481 e. The topological polar surface area (TPSA) is 97.9 Å². The first kappa shape index (κ1) is 39.7. The molecule has 0 spiro atoms. The fraction of sp³-hybridized carbons (Fsp3) is 0.364. The molecule has 0 saturated carbocycles. The first-order valence-electron chi connectivity index (χ1n) is 18.7. The fourth-order valence-corrected chi connectivity index (χ4v) is 9.48. The van der Waals surface area contributed by atoms with Crippen molar-refractivity contribution < 1.29 is 27.4 Å². The van der Waals surface area contributed by atoms with Crippen LogP contribution in [0, 0.1) is 5.92 Å². The van der Waals surface area contributed by atoms with E-state index in [1.807, 2.05) is 26.0 Å². The molecule has 1 atom stereocenters. The van der Waals surface area contributed by atoms with Crippen LogP contribution in [0.4, 0.5) is 11.4 Å². The number of fused-ring (bicyclic) bond motifs is 2. The molecule has 284 valence electrons. The third-order valence-corrected chi connectivity index (χ3v) is 12.6. The Kier molecular flexibility index (Phi) is 11.3. The van der Waals surface area contributed by atoms with Gasteiger partial charge in [0.25, 0.3) is 10.1 Å². The van der Waals surface area contributed by atoms with Gasteiger partial charge < -0.3 is 10.0 Å². The molecule has 1 unspecified atom stereocenters. The van der Waals surface area contributed by atoms with Gasteiger partial charge in [0.2, 0.25) is 5.69 Å². The van der Waals surface area contributed by atoms with E-state index in [1.165, 1.54) is 17.3 Å². The second kappa shape index (κ2) is 15.3. The number of carboxylic acid groups (broad SMARTS) is 1. The molecule has 3 aromatic carbocycles. The summed E-state index contributed by atoms with van der Waals surface area (Å²) in [7, 11) is -4.41. The van der Waals surface area contributed by atoms with Crippen molar-refractivity contribution in [1.29, 1.82) is 0 Å². The number of hydrogen-bond donors (Lipinski definition) is 2. The number of aliphatic carboxylic acids is 1. The van der Waals surface area contributed by atoms with Gasteiger partial charge in [-0.05, 0) is 91.8 Å². The summed E-state index contributed by atoms with van der Waals surface area (Å²) in [6.07, 6.45) is 11.7. The molecule has 2 heterocycles. The minimum atomic E-state index is -4.41. The predicted molar refractivity (Wildman–Crippen MR) is 220 cm³/mol. The number of allylic oxidation sites excluding steroid dienone is 8. The van der Waals surface area contributed by atoms with Crippen molar-refractivity contribution >= 4 is 61.9 Å². The molecule has 10 heteroatoms. The quantitative estimate of drug-likeness (QED) is 0.148. The van der Waals surface area contributed by atoms with Gasteiger partial charge in [-0.2, -0.15) is 13.0 Å². The predicted octanol–water partition coefficient (Wildman–Crippen LogP) is 10.9. The Morgan fingerprint density at radius 1 is 0.907 bits per heavy atom. The molecule has 0 fully saturated rings. The lowest BCUT2D eigenvalue weighted by Crippen LogP contribution is -2.28. The van der Waals surface area contributed by atoms with Crippen molar-refractivity contribution in [2.75, 3.05) is 18.0 Å². The summed E-state index contributed by atoms with van der Waals surface area (Å²) in [5.74, 6) is -1.57. The number of hydrogen-bond acceptors (Lipinski definition) is 4. The van der Waals surface area contributed by atoms with E-state index in [-0.39, 0.29) is 16.7 Å². The first-order valence-corrected chi connectivity index (χ1v) is 20.9. The Morgan fingerprint density at radius 2 is 1.61 bits per heavy atom. The maximum absolute atomic E-state index is 12.8. The van der Waals surface area contributed by atoms with Gasteiger partial charge in [-0.3, -0.25) is 9.35 Å². The molecular weight excluding hydrogens is 739 g/mol. The molecule has 2 N–H and O–H groups in total. The second-order valence-electron chi connectivity index (χ2n) is 15.5. The molecule has 0 aromatic heterocycles. The van der Waals surface area contributed by atoms with Crippen molar-refractivity contribution in [2.45, 2.75) is 89.4 Å². The molecule has 54 heavy (non-hydrogen) atoms. The van der Waals surface area contributed by atoms with Crippen LogP contribution < -0.4 is 4.90 Å². The van der Waals surface area contributed by atoms with Crippen LogP contribution in [0.3, 0.4) is 0 Å². The monoisotopic (exact) mass is 787 g/mol. The summed E-state index contributed by atoms with van der Waals surface area (Å²) < 4.78 is 36.5. The van der Waals surface area contributed by atoms with Crippen molar-refractivity contribution in [2.24, 2.45) is 5.92 Å². The third-order valence-electron chi connectivity index (χ3n) is 11.2. The van der Waals surface area contributed by atoms with Gasteiger partial charge in [-0.1, -0.05) is 93.7 Å². The van der Waals surface area contributed by atoms with Gasteiger partial charge in [-0.15, -0.1) is 0 Å². The molecule has 1 aliphatic carbocycles. The summed E-state index contributed by atoms with van der Waals surface area (Å²) >= 11 is 13.9. The summed E-state index contributed by atoms with van der Waals surface area (Å²) in [5, 5.41) is 11.5. The molecular formula is C44H49Cl2N2O5S+. The molecule has 3 aliphatic rings. The highest BCUT2D eigenvalue weighted by molar-refractivity contribution is 7.85. The zero-order valence-corrected chi connectivity index (χ0v) is 34.1. The zero-order chi connectivity index (χ0) is 39.2. The van der Waals surface area contributed by atoms with E-state index in [0.29, 0.717) is 28.6 Å². The normalized spacial score (nSPS) is 20.8. The Morgan fingerprint density at radius 3 is 2.26 bits per heavy atom. The lowest BCUT2D eigenvalue weighted by atomic mass is 9.76. The second-order valence-corrected chi connectivity index (χ2v) is 17.7. The van der Waals surface area contributed by atoms with E-state index in [1.54, 1.807) is 30.3 Å². The first-order chi connectivity index (χ1) is 25.5. The highest BCUT2D eigenvalue weighted by Crippen LogP contribution is 2.50. The number of carbonyl (C=O) groups is 1. The van der Waals surface area contributed by atoms with Crippen LogP contribution in [0.1, 0.15) is 90.3 Å². The summed E-state index contributed by atoms with van der Waals surface area (Å²) in [5.41, 5.74) is 8.33. The van der Waals surface area contributed by atoms with Crippen LogP contribution in [0.2, 0.25) is 10.0 Å². The standard InChI is InChI=1S/C44H48Cl2N2O5S/c1-7-9-24-48-36-16-11-10-13-32(36)43(3,4)38(48)21-17-28-25-30(42(49)50)26-29(40(28)41-34(45)14-12-15-35(41)46)18-22-39-44(5,6)33-27-31(54(51,52)53)19-20-37(33)47(39)23-8-2/h10-22,27,30H,7-9,23-26H2,1-6H3,(H-,49,50,51,52,53)/p+1. The maximum Gasteiger partial charge on any atom is 0.307 e. The molecule has 6 rings (SSSR count). The number of nitrogens with zero attached hydrogens (tertiary/aromatic N) is 2. The van der Waals surface area contributed by atoms with Crippen molar-refractivity contribution in [3.63, 3.8) is 0 Å². The van der Waals surface area contributed by atoms with Gasteiger partial charge in [0.15, 0.2) is 5.71 Å². The Balaban J connectivity index is 1.57. The number of anilines is 1. The minimum absolute atomic E-state index is 0.156. The molecule has 0 radical (unpaired) electrons. The van der Waals surface area contributed by atoms with Crippen LogP contribution in [-0.4, -0.2) is 47.4 Å². The van der Waals surface area contributed by atoms with E-state index in [9.17, 15) is 22.9 Å². The number of halogens is 2. The zero-order valence-electron chi connectivity index (χ0n) is 31.8. The SMILES string of the molecule is CCCC[N+]1=C(/C=C/C2=C(c3c(Cl)cccc3Cl)C(=C/C=C3/N(CCC)c4ccc(S(=O)(=O)O)cc4C3(C)C)/CC(C(=O)O)C2)C(C)(C)c2ccccc21. The Labute approximate surface area is 329 Å². The van der Waals surface area contributed by atoms with E-state index in [4.69, 9.17) is 23.2 Å². The Bertz CT molecular complexity index is 2260. The molecule has 0 bridgehead atoms. The average molecular weight is 789 g/mol. The highest BCUT2D eigenvalue weighted by Gasteiger charge is 2.44. The van der Waals surface area contributed by atoms with Gasteiger partial charge in [-0.25, -0.2) is 0 Å². The van der Waals surface area contributed by atoms with Crippen molar-refractivity contribution in [1.82, 2.24) is 0 Å². The minimum Gasteiger partial charge on any atom is -0.481 e. The van der Waals surface area contributed by atoms with Gasteiger partial charge in [0.1, 0.15) is 6.54 Å². The van der Waals surface area contributed by atoms with Crippen LogP contribution in [0.25, 0.3) is 5.57 Å². The highest BCUT2D eigenvalue weighted by atomic mass is 35.5.